The maximum Gasteiger partial charge on any atom is 0.336 e. The Morgan fingerprint density at radius 3 is 2.60 bits per heavy atom. The molecule has 0 saturated carbocycles. The second-order valence-electron chi connectivity index (χ2n) is 7.97. The van der Waals surface area contributed by atoms with Gasteiger partial charge in [0.2, 0.25) is 0 Å². The van der Waals surface area contributed by atoms with Crippen LogP contribution in [-0.4, -0.2) is 19.8 Å². The summed E-state index contributed by atoms with van der Waals surface area (Å²) in [6.45, 7) is 10.0. The zero-order valence-electron chi connectivity index (χ0n) is 18.8. The summed E-state index contributed by atoms with van der Waals surface area (Å²) in [4.78, 5) is 12.5. The standard InChI is InChI=1S/C25H30O5/c1-8-10-16-13-19(26)29-24-20(16)23-17(11-12-25(4,5)30-23)22(28-7)21(24)18(14-27-6)15(3)9-2/h9,11-14H,8,10H2,1-7H3/b15-9+,18-14-. The van der Waals surface area contributed by atoms with Crippen molar-refractivity contribution in [2.75, 3.05) is 14.2 Å². The van der Waals surface area contributed by atoms with E-state index in [0.29, 0.717) is 22.6 Å². The van der Waals surface area contributed by atoms with E-state index in [1.54, 1.807) is 26.5 Å². The molecule has 1 aromatic heterocycles. The van der Waals surface area contributed by atoms with Crippen molar-refractivity contribution in [2.45, 2.75) is 53.1 Å². The summed E-state index contributed by atoms with van der Waals surface area (Å²) < 4.78 is 23.5. The molecule has 5 heteroatoms. The number of methoxy groups -OCH3 is 2. The van der Waals surface area contributed by atoms with Gasteiger partial charge in [-0.3, -0.25) is 0 Å². The molecule has 160 valence electrons. The van der Waals surface area contributed by atoms with Gasteiger partial charge in [-0.2, -0.15) is 0 Å². The molecule has 0 spiro atoms. The van der Waals surface area contributed by atoms with Crippen molar-refractivity contribution in [2.24, 2.45) is 0 Å². The summed E-state index contributed by atoms with van der Waals surface area (Å²) in [5.41, 5.74) is 3.76. The fraction of sp³-hybridized carbons (Fsp3) is 0.400. The molecule has 0 bridgehead atoms. The molecule has 0 atom stereocenters. The van der Waals surface area contributed by atoms with E-state index >= 15 is 0 Å². The first-order valence-electron chi connectivity index (χ1n) is 10.2. The first-order valence-corrected chi connectivity index (χ1v) is 10.2. The Hall–Kier alpha value is -2.95. The Labute approximate surface area is 177 Å². The van der Waals surface area contributed by atoms with Crippen LogP contribution >= 0.6 is 0 Å². The summed E-state index contributed by atoms with van der Waals surface area (Å²) in [5.74, 6) is 1.27. The molecule has 3 rings (SSSR count). The van der Waals surface area contributed by atoms with Gasteiger partial charge in [0.15, 0.2) is 5.58 Å². The van der Waals surface area contributed by atoms with E-state index in [-0.39, 0.29) is 0 Å². The zero-order valence-corrected chi connectivity index (χ0v) is 18.8. The molecular formula is C25H30O5. The Kier molecular flexibility index (Phi) is 6.11. The van der Waals surface area contributed by atoms with E-state index in [0.717, 1.165) is 40.5 Å². The smallest absolute Gasteiger partial charge is 0.336 e. The van der Waals surface area contributed by atoms with E-state index in [2.05, 4.69) is 6.92 Å². The van der Waals surface area contributed by atoms with Gasteiger partial charge in [0.25, 0.3) is 0 Å². The van der Waals surface area contributed by atoms with Crippen molar-refractivity contribution in [3.8, 4) is 11.5 Å². The van der Waals surface area contributed by atoms with Crippen LogP contribution in [0.4, 0.5) is 0 Å². The monoisotopic (exact) mass is 410 g/mol. The normalized spacial score (nSPS) is 15.7. The molecule has 0 unspecified atom stereocenters. The van der Waals surface area contributed by atoms with E-state index in [1.165, 1.54) is 0 Å². The molecule has 30 heavy (non-hydrogen) atoms. The second kappa shape index (κ2) is 8.42. The summed E-state index contributed by atoms with van der Waals surface area (Å²) in [7, 11) is 3.21. The van der Waals surface area contributed by atoms with Crippen molar-refractivity contribution >= 4 is 22.6 Å². The molecule has 1 aromatic carbocycles. The quantitative estimate of drug-likeness (QED) is 0.337. The SMILES string of the molecule is C/C=C(C)/C(=C/OC)c1c(OC)c2c(c3c(CCC)cc(=O)oc13)OC(C)(C)C=C2. The third kappa shape index (κ3) is 3.76. The highest BCUT2D eigenvalue weighted by atomic mass is 16.5. The maximum absolute atomic E-state index is 12.5. The fourth-order valence-corrected chi connectivity index (χ4v) is 3.83. The summed E-state index contributed by atoms with van der Waals surface area (Å²) >= 11 is 0. The van der Waals surface area contributed by atoms with Crippen molar-refractivity contribution in [1.29, 1.82) is 0 Å². The van der Waals surface area contributed by atoms with Crippen LogP contribution < -0.4 is 15.1 Å². The van der Waals surface area contributed by atoms with Crippen LogP contribution in [0.1, 0.15) is 57.7 Å². The largest absolute Gasteiger partial charge is 0.504 e. The van der Waals surface area contributed by atoms with Gasteiger partial charge in [0.1, 0.15) is 17.1 Å². The van der Waals surface area contributed by atoms with E-state index in [9.17, 15) is 4.79 Å². The van der Waals surface area contributed by atoms with Crippen molar-refractivity contribution in [3.63, 3.8) is 0 Å². The minimum atomic E-state index is -0.490. The number of rotatable bonds is 6. The van der Waals surface area contributed by atoms with E-state index in [4.69, 9.17) is 18.6 Å². The lowest BCUT2D eigenvalue weighted by molar-refractivity contribution is 0.160. The third-order valence-corrected chi connectivity index (χ3v) is 5.32. The number of benzene rings is 1. The highest BCUT2D eigenvalue weighted by Gasteiger charge is 2.32. The molecule has 0 fully saturated rings. The van der Waals surface area contributed by atoms with Crippen LogP contribution in [0.3, 0.4) is 0 Å². The lowest BCUT2D eigenvalue weighted by atomic mass is 9.89. The summed E-state index contributed by atoms with van der Waals surface area (Å²) in [5, 5.41) is 0.811. The fourth-order valence-electron chi connectivity index (χ4n) is 3.83. The van der Waals surface area contributed by atoms with Crippen LogP contribution in [0.25, 0.3) is 22.6 Å². The van der Waals surface area contributed by atoms with Gasteiger partial charge >= 0.3 is 5.63 Å². The molecule has 0 saturated heterocycles. The number of allylic oxidation sites excluding steroid dienone is 3. The summed E-state index contributed by atoms with van der Waals surface area (Å²) in [6, 6.07) is 1.57. The predicted octanol–water partition coefficient (Wildman–Crippen LogP) is 5.89. The van der Waals surface area contributed by atoms with Crippen molar-refractivity contribution in [3.05, 3.63) is 57.2 Å². The first-order chi connectivity index (χ1) is 14.3. The first kappa shape index (κ1) is 21.8. The van der Waals surface area contributed by atoms with Crippen molar-refractivity contribution < 1.29 is 18.6 Å². The minimum Gasteiger partial charge on any atom is -0.504 e. The average molecular weight is 411 g/mol. The highest BCUT2D eigenvalue weighted by Crippen LogP contribution is 2.49. The Morgan fingerprint density at radius 1 is 1.27 bits per heavy atom. The van der Waals surface area contributed by atoms with Gasteiger partial charge in [-0.15, -0.1) is 0 Å². The topological polar surface area (TPSA) is 57.9 Å². The van der Waals surface area contributed by atoms with E-state index < -0.39 is 11.2 Å². The van der Waals surface area contributed by atoms with Gasteiger partial charge in [-0.25, -0.2) is 4.79 Å². The Bertz CT molecular complexity index is 1110. The number of hydrogen-bond donors (Lipinski definition) is 0. The Balaban J connectivity index is 2.60. The van der Waals surface area contributed by atoms with Crippen LogP contribution in [0.15, 0.2) is 39.3 Å². The lowest BCUT2D eigenvalue weighted by Gasteiger charge is -2.31. The summed E-state index contributed by atoms with van der Waals surface area (Å²) in [6.07, 6.45) is 9.30. The van der Waals surface area contributed by atoms with Crippen LogP contribution in [-0.2, 0) is 11.2 Å². The lowest BCUT2D eigenvalue weighted by Crippen LogP contribution is -2.28. The molecule has 5 nitrogen and oxygen atoms in total. The van der Waals surface area contributed by atoms with Gasteiger partial charge in [0.05, 0.1) is 37.0 Å². The average Bonchev–Trinajstić information content (AvgIpc) is 2.70. The molecule has 0 N–H and O–H groups in total. The van der Waals surface area contributed by atoms with Gasteiger partial charge in [-0.1, -0.05) is 19.4 Å². The highest BCUT2D eigenvalue weighted by molar-refractivity contribution is 6.04. The predicted molar refractivity (Wildman–Crippen MR) is 121 cm³/mol. The zero-order chi connectivity index (χ0) is 22.1. The molecule has 0 aliphatic carbocycles. The molecule has 1 aliphatic heterocycles. The minimum absolute atomic E-state index is 0.394. The maximum atomic E-state index is 12.5. The molecule has 0 amide bonds. The van der Waals surface area contributed by atoms with Gasteiger partial charge in [0, 0.05) is 11.6 Å². The Morgan fingerprint density at radius 2 is 2.00 bits per heavy atom. The van der Waals surface area contributed by atoms with Gasteiger partial charge in [-0.05, 0) is 57.4 Å². The number of hydrogen-bond acceptors (Lipinski definition) is 5. The number of aryl methyl sites for hydroxylation is 1. The molecule has 2 aromatic rings. The molecule has 0 radical (unpaired) electrons. The third-order valence-electron chi connectivity index (χ3n) is 5.32. The van der Waals surface area contributed by atoms with E-state index in [1.807, 2.05) is 45.9 Å². The van der Waals surface area contributed by atoms with Crippen LogP contribution in [0.2, 0.25) is 0 Å². The van der Waals surface area contributed by atoms with Crippen LogP contribution in [0.5, 0.6) is 11.5 Å². The van der Waals surface area contributed by atoms with Crippen molar-refractivity contribution in [1.82, 2.24) is 0 Å². The van der Waals surface area contributed by atoms with Crippen LogP contribution in [0, 0.1) is 0 Å². The second-order valence-corrected chi connectivity index (χ2v) is 7.97. The number of fused-ring (bicyclic) bond motifs is 3. The molecule has 1 aliphatic rings. The molecule has 2 heterocycles. The van der Waals surface area contributed by atoms with Gasteiger partial charge < -0.3 is 18.6 Å². The number of ether oxygens (including phenoxy) is 3. The molecular weight excluding hydrogens is 380 g/mol.